The number of morpholine rings is 1. The van der Waals surface area contributed by atoms with Gasteiger partial charge in [0.2, 0.25) is 5.91 Å². The van der Waals surface area contributed by atoms with Crippen molar-refractivity contribution in [1.29, 1.82) is 0 Å². The summed E-state index contributed by atoms with van der Waals surface area (Å²) in [7, 11) is 1.26. The van der Waals surface area contributed by atoms with Crippen molar-refractivity contribution in [3.63, 3.8) is 0 Å². The summed E-state index contributed by atoms with van der Waals surface area (Å²) in [4.78, 5) is 37.4. The molecule has 8 nitrogen and oxygen atoms in total. The summed E-state index contributed by atoms with van der Waals surface area (Å²) in [6, 6.07) is 1.59. The lowest BCUT2D eigenvalue weighted by atomic mass is 10.0. The first kappa shape index (κ1) is 18.4. The highest BCUT2D eigenvalue weighted by molar-refractivity contribution is 7.12. The summed E-state index contributed by atoms with van der Waals surface area (Å²) in [6.07, 6.45) is -0.164. The zero-order valence-electron chi connectivity index (χ0n) is 13.3. The quantitative estimate of drug-likeness (QED) is 0.699. The molecular weight excluding hydrogens is 336 g/mol. The van der Waals surface area contributed by atoms with Crippen molar-refractivity contribution in [2.24, 2.45) is 5.92 Å². The lowest BCUT2D eigenvalue weighted by Crippen LogP contribution is -2.41. The number of carbonyl (C=O) groups excluding carboxylic acids is 2. The van der Waals surface area contributed by atoms with Gasteiger partial charge in [-0.2, -0.15) is 0 Å². The van der Waals surface area contributed by atoms with Crippen molar-refractivity contribution in [1.82, 2.24) is 4.90 Å². The predicted octanol–water partition coefficient (Wildman–Crippen LogP) is 0.896. The number of ether oxygens (including phenoxy) is 2. The molecule has 2 heterocycles. The molecule has 0 saturated carbocycles. The highest BCUT2D eigenvalue weighted by atomic mass is 32.1. The molecule has 1 amide bonds. The summed E-state index contributed by atoms with van der Waals surface area (Å²) >= 11 is 1.15. The number of amides is 1. The molecule has 0 unspecified atom stereocenters. The lowest BCUT2D eigenvalue weighted by Gasteiger charge is -2.28. The van der Waals surface area contributed by atoms with Gasteiger partial charge in [0.1, 0.15) is 4.88 Å². The Morgan fingerprint density at radius 3 is 2.75 bits per heavy atom. The van der Waals surface area contributed by atoms with Gasteiger partial charge in [-0.3, -0.25) is 14.5 Å². The fraction of sp³-hybridized carbons (Fsp3) is 0.533. The number of thiophene rings is 1. The van der Waals surface area contributed by atoms with Crippen molar-refractivity contribution < 1.29 is 29.0 Å². The average molecular weight is 356 g/mol. The number of carboxylic acids is 1. The van der Waals surface area contributed by atoms with E-state index in [1.165, 1.54) is 7.11 Å². The predicted molar refractivity (Wildman–Crippen MR) is 87.3 cm³/mol. The first-order valence-corrected chi connectivity index (χ1v) is 8.37. The minimum absolute atomic E-state index is 0.164. The van der Waals surface area contributed by atoms with Gasteiger partial charge in [-0.15, -0.1) is 11.3 Å². The second kappa shape index (κ2) is 8.76. The molecular formula is C15H20N2O6S. The molecule has 1 aromatic heterocycles. The number of nitrogens with one attached hydrogen (secondary N) is 1. The van der Waals surface area contributed by atoms with E-state index in [2.05, 4.69) is 10.1 Å². The normalized spacial score (nSPS) is 16.4. The van der Waals surface area contributed by atoms with Gasteiger partial charge in [0.05, 0.1) is 31.9 Å². The Kier molecular flexibility index (Phi) is 6.71. The molecule has 0 spiro atoms. The van der Waals surface area contributed by atoms with Gasteiger partial charge >= 0.3 is 11.9 Å². The minimum Gasteiger partial charge on any atom is -0.481 e. The standard InChI is InChI=1S/C15H20N2O6S/c1-22-15(21)13-11(2-7-24-13)16-12(18)8-10(14(19)20)9-17-3-5-23-6-4-17/h2,7,10H,3-6,8-9H2,1H3,(H,16,18)(H,19,20)/t10-/m0/s1. The number of carbonyl (C=O) groups is 3. The molecule has 9 heteroatoms. The van der Waals surface area contributed by atoms with Crippen molar-refractivity contribution in [2.45, 2.75) is 6.42 Å². The van der Waals surface area contributed by atoms with Crippen LogP contribution in [0.4, 0.5) is 5.69 Å². The fourth-order valence-electron chi connectivity index (χ4n) is 2.41. The average Bonchev–Trinajstić information content (AvgIpc) is 3.02. The van der Waals surface area contributed by atoms with Crippen LogP contribution in [0.5, 0.6) is 0 Å². The third-order valence-corrected chi connectivity index (χ3v) is 4.57. The molecule has 2 rings (SSSR count). The van der Waals surface area contributed by atoms with Crippen LogP contribution in [0.2, 0.25) is 0 Å². The van der Waals surface area contributed by atoms with Gasteiger partial charge in [-0.25, -0.2) is 4.79 Å². The third kappa shape index (κ3) is 5.02. The van der Waals surface area contributed by atoms with Crippen LogP contribution < -0.4 is 5.32 Å². The Morgan fingerprint density at radius 2 is 2.12 bits per heavy atom. The van der Waals surface area contributed by atoms with E-state index in [9.17, 15) is 19.5 Å². The highest BCUT2D eigenvalue weighted by Gasteiger charge is 2.26. The maximum atomic E-state index is 12.2. The topological polar surface area (TPSA) is 105 Å². The lowest BCUT2D eigenvalue weighted by molar-refractivity contribution is -0.144. The number of anilines is 1. The summed E-state index contributed by atoms with van der Waals surface area (Å²) < 4.78 is 9.87. The zero-order valence-corrected chi connectivity index (χ0v) is 14.1. The molecule has 0 bridgehead atoms. The van der Waals surface area contributed by atoms with Gasteiger partial charge in [-0.1, -0.05) is 0 Å². The maximum absolute atomic E-state index is 12.2. The first-order valence-electron chi connectivity index (χ1n) is 7.49. The van der Waals surface area contributed by atoms with E-state index in [0.717, 1.165) is 11.3 Å². The molecule has 0 aliphatic carbocycles. The second-order valence-electron chi connectivity index (χ2n) is 5.36. The van der Waals surface area contributed by atoms with Crippen molar-refractivity contribution in [2.75, 3.05) is 45.3 Å². The van der Waals surface area contributed by atoms with Crippen molar-refractivity contribution in [3.05, 3.63) is 16.3 Å². The number of hydrogen-bond donors (Lipinski definition) is 2. The largest absolute Gasteiger partial charge is 0.481 e. The molecule has 1 atom stereocenters. The van der Waals surface area contributed by atoms with Crippen LogP contribution >= 0.6 is 11.3 Å². The number of aliphatic carboxylic acids is 1. The number of carboxylic acid groups (broad SMARTS) is 1. The Morgan fingerprint density at radius 1 is 1.42 bits per heavy atom. The molecule has 1 aromatic rings. The van der Waals surface area contributed by atoms with Crippen LogP contribution in [0.1, 0.15) is 16.1 Å². The molecule has 0 radical (unpaired) electrons. The Balaban J connectivity index is 1.94. The zero-order chi connectivity index (χ0) is 17.5. The van der Waals surface area contributed by atoms with Crippen LogP contribution in [0.25, 0.3) is 0 Å². The monoisotopic (exact) mass is 356 g/mol. The SMILES string of the molecule is COC(=O)c1sccc1NC(=O)C[C@@H](CN1CCOCC1)C(=O)O. The fourth-order valence-corrected chi connectivity index (χ4v) is 3.17. The Bertz CT molecular complexity index is 597. The van der Waals surface area contributed by atoms with Gasteiger partial charge in [0.25, 0.3) is 0 Å². The number of rotatable bonds is 7. The van der Waals surface area contributed by atoms with Crippen LogP contribution in [0.15, 0.2) is 11.4 Å². The van der Waals surface area contributed by atoms with E-state index in [0.29, 0.717) is 38.5 Å². The van der Waals surface area contributed by atoms with E-state index >= 15 is 0 Å². The summed E-state index contributed by atoms with van der Waals surface area (Å²) in [5.74, 6) is -2.82. The molecule has 24 heavy (non-hydrogen) atoms. The highest BCUT2D eigenvalue weighted by Crippen LogP contribution is 2.23. The van der Waals surface area contributed by atoms with Gasteiger partial charge in [0, 0.05) is 26.1 Å². The number of nitrogens with zero attached hydrogens (tertiary/aromatic N) is 1. The van der Waals surface area contributed by atoms with Crippen molar-refractivity contribution >= 4 is 34.9 Å². The summed E-state index contributed by atoms with van der Waals surface area (Å²) in [5, 5.41) is 13.6. The van der Waals surface area contributed by atoms with Crippen LogP contribution in [-0.4, -0.2) is 67.8 Å². The van der Waals surface area contributed by atoms with Crippen LogP contribution in [-0.2, 0) is 19.1 Å². The second-order valence-corrected chi connectivity index (χ2v) is 6.27. The van der Waals surface area contributed by atoms with E-state index in [4.69, 9.17) is 4.74 Å². The Labute approximate surface area is 143 Å². The number of esters is 1. The van der Waals surface area contributed by atoms with E-state index in [1.54, 1.807) is 11.4 Å². The smallest absolute Gasteiger partial charge is 0.350 e. The van der Waals surface area contributed by atoms with E-state index in [-0.39, 0.29) is 11.3 Å². The molecule has 1 saturated heterocycles. The van der Waals surface area contributed by atoms with Gasteiger partial charge in [0.15, 0.2) is 0 Å². The molecule has 1 aliphatic heterocycles. The van der Waals surface area contributed by atoms with Gasteiger partial charge < -0.3 is 19.9 Å². The molecule has 1 fully saturated rings. The third-order valence-electron chi connectivity index (χ3n) is 3.67. The molecule has 132 valence electrons. The van der Waals surface area contributed by atoms with Crippen LogP contribution in [0, 0.1) is 5.92 Å². The molecule has 1 aliphatic rings. The number of methoxy groups -OCH3 is 1. The Hall–Kier alpha value is -1.97. The van der Waals surface area contributed by atoms with Crippen LogP contribution in [0.3, 0.4) is 0 Å². The summed E-state index contributed by atoms with van der Waals surface area (Å²) in [6.45, 7) is 2.73. The summed E-state index contributed by atoms with van der Waals surface area (Å²) in [5.41, 5.74) is 0.340. The maximum Gasteiger partial charge on any atom is 0.350 e. The minimum atomic E-state index is -1.02. The van der Waals surface area contributed by atoms with E-state index < -0.39 is 23.8 Å². The first-order chi connectivity index (χ1) is 11.5. The van der Waals surface area contributed by atoms with E-state index in [1.807, 2.05) is 4.90 Å². The van der Waals surface area contributed by atoms with Gasteiger partial charge in [-0.05, 0) is 11.4 Å². The molecule has 2 N–H and O–H groups in total. The van der Waals surface area contributed by atoms with Crippen molar-refractivity contribution in [3.8, 4) is 0 Å². The molecule has 0 aromatic carbocycles. The number of hydrogen-bond acceptors (Lipinski definition) is 7.